The molecule has 0 saturated carbocycles. The summed E-state index contributed by atoms with van der Waals surface area (Å²) in [5.74, 6) is -2.94. The van der Waals surface area contributed by atoms with E-state index < -0.39 is 5.92 Å². The van der Waals surface area contributed by atoms with Crippen molar-refractivity contribution in [3.8, 4) is 23.0 Å². The second-order valence-corrected chi connectivity index (χ2v) is 7.24. The largest absolute Gasteiger partial charge is 0.409 e. The lowest BCUT2D eigenvalue weighted by molar-refractivity contribution is 0.0170. The summed E-state index contributed by atoms with van der Waals surface area (Å²) >= 11 is 12.3. The zero-order valence-electron chi connectivity index (χ0n) is 15.1. The standard InChI is InChI=1S/C18H12Cl2F2N6O2/c1-18(21,22)9-5-12(20)16-24-13(7-28(16)6-9)17-25-15(27-30-17)10-3-2-8(4-11(10)19)14(23)26-29/h2-7,29H,1H3,(H2,23,26). The van der Waals surface area contributed by atoms with E-state index in [1.54, 1.807) is 12.1 Å². The second kappa shape index (κ2) is 7.22. The maximum Gasteiger partial charge on any atom is 0.278 e. The Morgan fingerprint density at radius 3 is 2.63 bits per heavy atom. The number of oxime groups is 1. The van der Waals surface area contributed by atoms with E-state index in [-0.39, 0.29) is 44.5 Å². The lowest BCUT2D eigenvalue weighted by Crippen LogP contribution is -2.12. The molecule has 0 unspecified atom stereocenters. The zero-order chi connectivity index (χ0) is 21.6. The van der Waals surface area contributed by atoms with E-state index in [0.717, 1.165) is 13.0 Å². The van der Waals surface area contributed by atoms with E-state index in [9.17, 15) is 8.78 Å². The van der Waals surface area contributed by atoms with Crippen LogP contribution in [-0.2, 0) is 5.92 Å². The van der Waals surface area contributed by atoms with Gasteiger partial charge in [-0.15, -0.1) is 0 Å². The molecule has 1 aromatic carbocycles. The minimum atomic E-state index is -3.06. The molecule has 0 saturated heterocycles. The van der Waals surface area contributed by atoms with Crippen LogP contribution in [0.4, 0.5) is 8.78 Å². The van der Waals surface area contributed by atoms with Crippen molar-refractivity contribution in [1.29, 1.82) is 0 Å². The van der Waals surface area contributed by atoms with Gasteiger partial charge in [-0.2, -0.15) is 4.98 Å². The molecule has 0 aliphatic heterocycles. The van der Waals surface area contributed by atoms with Gasteiger partial charge in [0.05, 0.1) is 10.0 Å². The van der Waals surface area contributed by atoms with E-state index in [4.69, 9.17) is 38.7 Å². The summed E-state index contributed by atoms with van der Waals surface area (Å²) in [6, 6.07) is 5.80. The molecule has 154 valence electrons. The Labute approximate surface area is 177 Å². The van der Waals surface area contributed by atoms with Crippen LogP contribution in [0.3, 0.4) is 0 Å². The first-order valence-electron chi connectivity index (χ1n) is 8.36. The number of hydrogen-bond donors (Lipinski definition) is 2. The molecular formula is C18H12Cl2F2N6O2. The van der Waals surface area contributed by atoms with Crippen LogP contribution in [0.1, 0.15) is 18.1 Å². The van der Waals surface area contributed by atoms with Gasteiger partial charge in [-0.05, 0) is 18.2 Å². The SMILES string of the molecule is CC(F)(F)c1cc(Cl)c2nc(-c3nc(-c4ccc(/C(N)=N/O)cc4Cl)no3)cn2c1. The third-order valence-corrected chi connectivity index (χ3v) is 4.86. The number of pyridine rings is 1. The van der Waals surface area contributed by atoms with Crippen molar-refractivity contribution in [2.45, 2.75) is 12.8 Å². The molecule has 4 aromatic rings. The topological polar surface area (TPSA) is 115 Å². The molecule has 12 heteroatoms. The molecule has 8 nitrogen and oxygen atoms in total. The Balaban J connectivity index is 1.72. The number of amidine groups is 1. The van der Waals surface area contributed by atoms with E-state index in [0.29, 0.717) is 11.1 Å². The molecule has 30 heavy (non-hydrogen) atoms. The normalized spacial score (nSPS) is 12.6. The average molecular weight is 453 g/mol. The molecule has 4 rings (SSSR count). The molecule has 0 atom stereocenters. The smallest absolute Gasteiger partial charge is 0.278 e. The van der Waals surface area contributed by atoms with Crippen molar-refractivity contribution in [2.75, 3.05) is 0 Å². The van der Waals surface area contributed by atoms with Crippen LogP contribution in [0.2, 0.25) is 10.0 Å². The fourth-order valence-corrected chi connectivity index (χ4v) is 3.27. The molecule has 0 radical (unpaired) electrons. The Hall–Kier alpha value is -3.24. The minimum absolute atomic E-state index is 0.0474. The molecule has 0 amide bonds. The third-order valence-electron chi connectivity index (χ3n) is 4.27. The molecule has 0 aliphatic rings. The Kier molecular flexibility index (Phi) is 4.83. The predicted molar refractivity (Wildman–Crippen MR) is 106 cm³/mol. The van der Waals surface area contributed by atoms with Crippen LogP contribution >= 0.6 is 23.2 Å². The van der Waals surface area contributed by atoms with Crippen molar-refractivity contribution in [3.05, 3.63) is 57.8 Å². The third kappa shape index (κ3) is 3.55. The highest BCUT2D eigenvalue weighted by atomic mass is 35.5. The predicted octanol–water partition coefficient (Wildman–Crippen LogP) is 4.56. The van der Waals surface area contributed by atoms with Gasteiger partial charge < -0.3 is 19.9 Å². The van der Waals surface area contributed by atoms with Gasteiger partial charge in [-0.25, -0.2) is 13.8 Å². The van der Waals surface area contributed by atoms with Gasteiger partial charge in [-0.3, -0.25) is 0 Å². The van der Waals surface area contributed by atoms with E-state index >= 15 is 0 Å². The number of aromatic nitrogens is 4. The molecule has 0 aliphatic carbocycles. The molecule has 3 N–H and O–H groups in total. The first kappa shape index (κ1) is 20.0. The monoisotopic (exact) mass is 452 g/mol. The molecule has 0 fully saturated rings. The van der Waals surface area contributed by atoms with Gasteiger partial charge in [0.1, 0.15) is 5.69 Å². The fourth-order valence-electron chi connectivity index (χ4n) is 2.75. The van der Waals surface area contributed by atoms with Crippen molar-refractivity contribution < 1.29 is 18.5 Å². The highest BCUT2D eigenvalue weighted by Crippen LogP contribution is 2.32. The van der Waals surface area contributed by atoms with E-state index in [1.165, 1.54) is 22.9 Å². The molecule has 3 heterocycles. The van der Waals surface area contributed by atoms with Crippen molar-refractivity contribution in [1.82, 2.24) is 19.5 Å². The van der Waals surface area contributed by atoms with Gasteiger partial charge >= 0.3 is 0 Å². The number of alkyl halides is 2. The maximum atomic E-state index is 13.6. The number of rotatable bonds is 4. The average Bonchev–Trinajstić information content (AvgIpc) is 3.33. The summed E-state index contributed by atoms with van der Waals surface area (Å²) in [6.45, 7) is 0.779. The highest BCUT2D eigenvalue weighted by molar-refractivity contribution is 6.34. The zero-order valence-corrected chi connectivity index (χ0v) is 16.7. The number of nitrogens with two attached hydrogens (primary N) is 1. The van der Waals surface area contributed by atoms with Crippen molar-refractivity contribution in [2.24, 2.45) is 10.9 Å². The Bertz CT molecular complexity index is 1300. The number of halogens is 4. The lowest BCUT2D eigenvalue weighted by Gasteiger charge is -2.11. The van der Waals surface area contributed by atoms with Crippen LogP contribution in [0, 0.1) is 0 Å². The highest BCUT2D eigenvalue weighted by Gasteiger charge is 2.26. The Morgan fingerprint density at radius 2 is 1.97 bits per heavy atom. The van der Waals surface area contributed by atoms with Crippen LogP contribution < -0.4 is 5.73 Å². The number of benzene rings is 1. The first-order valence-corrected chi connectivity index (χ1v) is 9.11. The van der Waals surface area contributed by atoms with Crippen LogP contribution in [0.15, 0.2) is 46.3 Å². The van der Waals surface area contributed by atoms with Gasteiger partial charge in [0, 0.05) is 36.0 Å². The summed E-state index contributed by atoms with van der Waals surface area (Å²) in [5, 5.41) is 15.9. The quantitative estimate of drug-likeness (QED) is 0.203. The van der Waals surface area contributed by atoms with Gasteiger partial charge in [0.25, 0.3) is 11.8 Å². The number of fused-ring (bicyclic) bond motifs is 1. The summed E-state index contributed by atoms with van der Waals surface area (Å²) in [7, 11) is 0. The van der Waals surface area contributed by atoms with Gasteiger partial charge in [-0.1, -0.05) is 39.6 Å². The summed E-state index contributed by atoms with van der Waals surface area (Å²) in [4.78, 5) is 8.54. The van der Waals surface area contributed by atoms with E-state index in [1.807, 2.05) is 0 Å². The molecule has 0 bridgehead atoms. The molecular weight excluding hydrogens is 441 g/mol. The summed E-state index contributed by atoms with van der Waals surface area (Å²) in [5.41, 5.74) is 6.65. The number of nitrogens with zero attached hydrogens (tertiary/aromatic N) is 5. The summed E-state index contributed by atoms with van der Waals surface area (Å²) < 4.78 is 33.9. The number of imidazole rings is 1. The first-order chi connectivity index (χ1) is 14.2. The lowest BCUT2D eigenvalue weighted by atomic mass is 10.1. The molecule has 0 spiro atoms. The Morgan fingerprint density at radius 1 is 1.20 bits per heavy atom. The maximum absolute atomic E-state index is 13.6. The molecule has 3 aromatic heterocycles. The second-order valence-electron chi connectivity index (χ2n) is 6.43. The van der Waals surface area contributed by atoms with Crippen LogP contribution in [0.25, 0.3) is 28.6 Å². The van der Waals surface area contributed by atoms with Crippen LogP contribution in [-0.4, -0.2) is 30.6 Å². The summed E-state index contributed by atoms with van der Waals surface area (Å²) in [6.07, 6.45) is 2.69. The van der Waals surface area contributed by atoms with Crippen molar-refractivity contribution >= 4 is 34.7 Å². The van der Waals surface area contributed by atoms with Gasteiger partial charge in [0.15, 0.2) is 11.5 Å². The van der Waals surface area contributed by atoms with Crippen LogP contribution in [0.5, 0.6) is 0 Å². The fraction of sp³-hybridized carbons (Fsp3) is 0.111. The van der Waals surface area contributed by atoms with E-state index in [2.05, 4.69) is 20.3 Å². The number of hydrogen-bond acceptors (Lipinski definition) is 6. The van der Waals surface area contributed by atoms with Gasteiger partial charge in [0.2, 0.25) is 5.82 Å². The van der Waals surface area contributed by atoms with Crippen molar-refractivity contribution in [3.63, 3.8) is 0 Å². The minimum Gasteiger partial charge on any atom is -0.409 e.